The van der Waals surface area contributed by atoms with Gasteiger partial charge < -0.3 is 24.8 Å². The number of nitrogens with zero attached hydrogens (tertiary/aromatic N) is 1. The number of aliphatic hydroxyl groups is 1. The lowest BCUT2D eigenvalue weighted by Crippen LogP contribution is -2.74. The Bertz CT molecular complexity index is 1390. The Hall–Kier alpha value is -3.93. The number of thiophene rings is 1. The summed E-state index contributed by atoms with van der Waals surface area (Å²) in [6, 6.07) is 20.4. The molecular formula is C31H30N2O7S2. The van der Waals surface area contributed by atoms with Crippen molar-refractivity contribution in [1.82, 2.24) is 10.2 Å². The summed E-state index contributed by atoms with van der Waals surface area (Å²) in [4.78, 5) is 54.5. The minimum absolute atomic E-state index is 0.0275. The molecular weight excluding hydrogens is 576 g/mol. The molecule has 1 fully saturated rings. The first kappa shape index (κ1) is 29.6. The molecule has 42 heavy (non-hydrogen) atoms. The van der Waals surface area contributed by atoms with Gasteiger partial charge in [0.25, 0.3) is 0 Å². The van der Waals surface area contributed by atoms with E-state index in [1.165, 1.54) is 28.0 Å². The van der Waals surface area contributed by atoms with Gasteiger partial charge >= 0.3 is 11.9 Å². The van der Waals surface area contributed by atoms with Crippen LogP contribution in [0.15, 0.2) is 89.2 Å². The van der Waals surface area contributed by atoms with Gasteiger partial charge in [-0.15, -0.1) is 23.1 Å². The van der Waals surface area contributed by atoms with Crippen molar-refractivity contribution < 1.29 is 33.8 Å². The summed E-state index contributed by atoms with van der Waals surface area (Å²) >= 11 is 2.74. The Morgan fingerprint density at radius 3 is 2.29 bits per heavy atom. The van der Waals surface area contributed by atoms with Crippen LogP contribution in [0.1, 0.15) is 34.9 Å². The Morgan fingerprint density at radius 2 is 1.67 bits per heavy atom. The number of esters is 2. The molecule has 0 radical (unpaired) electrons. The van der Waals surface area contributed by atoms with Crippen molar-refractivity contribution in [3.05, 3.63) is 105 Å². The second-order valence-corrected chi connectivity index (χ2v) is 11.8. The van der Waals surface area contributed by atoms with Crippen LogP contribution in [0, 0.1) is 0 Å². The van der Waals surface area contributed by atoms with Crippen LogP contribution < -0.4 is 5.32 Å². The summed E-state index contributed by atoms with van der Waals surface area (Å²) in [7, 11) is 0. The number of amides is 2. The van der Waals surface area contributed by atoms with Gasteiger partial charge in [-0.1, -0.05) is 66.7 Å². The van der Waals surface area contributed by atoms with Gasteiger partial charge in [-0.3, -0.25) is 14.4 Å². The molecule has 0 saturated carbocycles. The van der Waals surface area contributed by atoms with Crippen LogP contribution in [0.2, 0.25) is 0 Å². The molecule has 2 aliphatic rings. The lowest BCUT2D eigenvalue weighted by molar-refractivity contribution is -0.166. The normalized spacial score (nSPS) is 19.4. The molecule has 2 aromatic carbocycles. The van der Waals surface area contributed by atoms with Crippen molar-refractivity contribution in [1.29, 1.82) is 0 Å². The molecule has 11 heteroatoms. The first-order valence-electron chi connectivity index (χ1n) is 13.5. The second-order valence-electron chi connectivity index (χ2n) is 9.79. The fraction of sp³-hybridized carbons (Fsp3) is 0.290. The van der Waals surface area contributed by atoms with Gasteiger partial charge in [-0.25, -0.2) is 4.79 Å². The Kier molecular flexibility index (Phi) is 9.73. The molecule has 1 saturated heterocycles. The predicted octanol–water partition coefficient (Wildman–Crippen LogP) is 3.59. The van der Waals surface area contributed by atoms with E-state index in [0.717, 1.165) is 16.0 Å². The van der Waals surface area contributed by atoms with Gasteiger partial charge in [0.05, 0.1) is 6.42 Å². The molecule has 0 aliphatic carbocycles. The number of carbonyl (C=O) groups is 4. The van der Waals surface area contributed by atoms with Crippen LogP contribution in [0.4, 0.5) is 0 Å². The standard InChI is InChI=1S/C31H30N2O7S2/c34-15-7-14-25(36)39-18-22-19-42-30-26(32-24(35)17-23-13-8-16-41-23)29(37)33(30)27(22)31(38)40-28(20-9-3-1-4-10-20)21-11-5-2-6-12-21/h1-6,8-13,16,19,26-28,30,34H,7,14-15,17-18H2,(H,32,35)/t26?,27?,30-/m1/s1. The third-order valence-corrected chi connectivity index (χ3v) is 8.99. The number of hydrogen-bond acceptors (Lipinski definition) is 9. The Morgan fingerprint density at radius 1 is 0.976 bits per heavy atom. The van der Waals surface area contributed by atoms with Crippen LogP contribution in [-0.4, -0.2) is 64.4 Å². The number of rotatable bonds is 12. The van der Waals surface area contributed by atoms with E-state index in [1.807, 2.05) is 78.2 Å². The molecule has 2 unspecified atom stereocenters. The zero-order valence-electron chi connectivity index (χ0n) is 22.6. The molecule has 1 aromatic heterocycles. The van der Waals surface area contributed by atoms with Crippen LogP contribution >= 0.6 is 23.1 Å². The minimum atomic E-state index is -1.14. The number of nitrogens with one attached hydrogen (secondary N) is 1. The summed E-state index contributed by atoms with van der Waals surface area (Å²) in [5.41, 5.74) is 1.91. The van der Waals surface area contributed by atoms with Crippen LogP contribution in [0.25, 0.3) is 0 Å². The van der Waals surface area contributed by atoms with E-state index in [-0.39, 0.29) is 38.4 Å². The van der Waals surface area contributed by atoms with Crippen LogP contribution in [0.3, 0.4) is 0 Å². The van der Waals surface area contributed by atoms with E-state index in [9.17, 15) is 19.2 Å². The zero-order chi connectivity index (χ0) is 29.5. The lowest BCUT2D eigenvalue weighted by atomic mass is 9.97. The highest BCUT2D eigenvalue weighted by Gasteiger charge is 2.56. The fourth-order valence-electron chi connectivity index (χ4n) is 4.84. The van der Waals surface area contributed by atoms with Gasteiger partial charge in [0.2, 0.25) is 11.8 Å². The van der Waals surface area contributed by atoms with Crippen molar-refractivity contribution in [2.45, 2.75) is 42.8 Å². The first-order valence-corrected chi connectivity index (χ1v) is 15.3. The maximum Gasteiger partial charge on any atom is 0.334 e. The van der Waals surface area contributed by atoms with Gasteiger partial charge in [0.1, 0.15) is 18.0 Å². The Balaban J connectivity index is 1.37. The molecule has 9 nitrogen and oxygen atoms in total. The summed E-state index contributed by atoms with van der Waals surface area (Å²) in [6.45, 7) is -0.364. The molecule has 3 heterocycles. The molecule has 2 aliphatic heterocycles. The van der Waals surface area contributed by atoms with Crippen LogP contribution in [-0.2, 0) is 35.1 Å². The van der Waals surface area contributed by atoms with Crippen molar-refractivity contribution in [3.63, 3.8) is 0 Å². The average molecular weight is 607 g/mol. The highest BCUT2D eigenvalue weighted by molar-refractivity contribution is 8.03. The molecule has 3 atom stereocenters. The monoisotopic (exact) mass is 606 g/mol. The molecule has 218 valence electrons. The second kappa shape index (κ2) is 13.8. The number of aliphatic hydroxyl groups excluding tert-OH is 1. The largest absolute Gasteiger partial charge is 0.461 e. The molecule has 0 spiro atoms. The molecule has 2 N–H and O–H groups in total. The third kappa shape index (κ3) is 6.75. The first-order chi connectivity index (χ1) is 20.5. The number of ether oxygens (including phenoxy) is 2. The summed E-state index contributed by atoms with van der Waals surface area (Å²) < 4.78 is 11.5. The SMILES string of the molecule is O=C(Cc1cccs1)NC1C(=O)N2C(C(=O)OC(c3ccccc3)c3ccccc3)C(COC(=O)CCCO)=CS[C@H]12. The highest BCUT2D eigenvalue weighted by atomic mass is 32.2. The van der Waals surface area contributed by atoms with Crippen molar-refractivity contribution in [3.8, 4) is 0 Å². The fourth-order valence-corrected chi connectivity index (χ4v) is 6.75. The van der Waals surface area contributed by atoms with E-state index in [0.29, 0.717) is 5.57 Å². The number of benzene rings is 2. The van der Waals surface area contributed by atoms with E-state index >= 15 is 0 Å². The summed E-state index contributed by atoms with van der Waals surface area (Å²) in [5.74, 6) is -1.89. The third-order valence-electron chi connectivity index (χ3n) is 6.90. The molecule has 3 aromatic rings. The number of carbonyl (C=O) groups excluding carboxylic acids is 4. The van der Waals surface area contributed by atoms with E-state index in [4.69, 9.17) is 14.6 Å². The summed E-state index contributed by atoms with van der Waals surface area (Å²) in [5, 5.41) is 14.9. The smallest absolute Gasteiger partial charge is 0.334 e. The molecule has 0 bridgehead atoms. The number of hydrogen-bond donors (Lipinski definition) is 2. The lowest BCUT2D eigenvalue weighted by Gasteiger charge is -2.51. The van der Waals surface area contributed by atoms with Gasteiger partial charge in [0, 0.05) is 23.5 Å². The molecule has 2 amide bonds. The van der Waals surface area contributed by atoms with E-state index in [1.54, 1.807) is 5.41 Å². The van der Waals surface area contributed by atoms with Gasteiger partial charge in [-0.05, 0) is 34.4 Å². The van der Waals surface area contributed by atoms with E-state index in [2.05, 4.69) is 5.32 Å². The predicted molar refractivity (Wildman–Crippen MR) is 158 cm³/mol. The minimum Gasteiger partial charge on any atom is -0.461 e. The quantitative estimate of drug-likeness (QED) is 0.237. The average Bonchev–Trinajstić information content (AvgIpc) is 3.53. The number of β-lactam (4-membered cyclic amide) rings is 1. The highest BCUT2D eigenvalue weighted by Crippen LogP contribution is 2.41. The maximum atomic E-state index is 13.9. The van der Waals surface area contributed by atoms with Gasteiger partial charge in [-0.2, -0.15) is 0 Å². The maximum absolute atomic E-state index is 13.9. The number of fused-ring (bicyclic) bond motifs is 1. The van der Waals surface area contributed by atoms with Crippen molar-refractivity contribution in [2.24, 2.45) is 0 Å². The zero-order valence-corrected chi connectivity index (χ0v) is 24.2. The van der Waals surface area contributed by atoms with Crippen molar-refractivity contribution >= 4 is 46.9 Å². The number of thioether (sulfide) groups is 1. The van der Waals surface area contributed by atoms with E-state index < -0.39 is 41.4 Å². The topological polar surface area (TPSA) is 122 Å². The van der Waals surface area contributed by atoms with Gasteiger partial charge in [0.15, 0.2) is 12.1 Å². The van der Waals surface area contributed by atoms with Crippen LogP contribution in [0.5, 0.6) is 0 Å². The molecule has 5 rings (SSSR count). The summed E-state index contributed by atoms with van der Waals surface area (Å²) in [6.07, 6.45) is -0.294. The Labute approximate surface area is 251 Å². The van der Waals surface area contributed by atoms with Crippen molar-refractivity contribution in [2.75, 3.05) is 13.2 Å².